The lowest BCUT2D eigenvalue weighted by atomic mass is 10.1. The number of esters is 1. The minimum atomic E-state index is -0.431. The lowest BCUT2D eigenvalue weighted by molar-refractivity contribution is -0.141. The summed E-state index contributed by atoms with van der Waals surface area (Å²) < 4.78 is 23.3. The van der Waals surface area contributed by atoms with Crippen LogP contribution in [-0.2, 0) is 20.7 Å². The van der Waals surface area contributed by atoms with Gasteiger partial charge < -0.3 is 14.5 Å². The summed E-state index contributed by atoms with van der Waals surface area (Å²) in [6.07, 6.45) is 2.08. The van der Waals surface area contributed by atoms with Crippen molar-refractivity contribution in [2.75, 3.05) is 7.11 Å². The van der Waals surface area contributed by atoms with Crippen molar-refractivity contribution in [3.63, 3.8) is 0 Å². The number of aryl methyl sites for hydroxylation is 1. The fourth-order valence-corrected chi connectivity index (χ4v) is 3.40. The predicted molar refractivity (Wildman–Crippen MR) is 102 cm³/mol. The average Bonchev–Trinajstić information content (AvgIpc) is 3.38. The molecule has 1 N–H and O–H groups in total. The second-order valence-corrected chi connectivity index (χ2v) is 7.02. The molecule has 0 saturated heterocycles. The van der Waals surface area contributed by atoms with Crippen molar-refractivity contribution in [2.24, 2.45) is 0 Å². The quantitative estimate of drug-likeness (QED) is 0.578. The smallest absolute Gasteiger partial charge is 0.307 e. The Labute approximate surface area is 165 Å². The maximum Gasteiger partial charge on any atom is 0.307 e. The molecule has 0 saturated carbocycles. The van der Waals surface area contributed by atoms with Crippen LogP contribution < -0.4 is 5.32 Å². The lowest BCUT2D eigenvalue weighted by Crippen LogP contribution is -2.30. The van der Waals surface area contributed by atoms with Gasteiger partial charge in [0.25, 0.3) is 0 Å². The number of hydrogen-bond donors (Lipinski definition) is 1. The maximum atomic E-state index is 13.0. The molecule has 1 atom stereocenters. The Bertz CT molecular complexity index is 922. The molecule has 1 unspecified atom stereocenters. The number of oxazole rings is 1. The zero-order chi connectivity index (χ0) is 19.9. The normalized spacial score (nSPS) is 11.8. The Hall–Kier alpha value is -3.00. The Balaban J connectivity index is 1.57. The first-order chi connectivity index (χ1) is 13.5. The van der Waals surface area contributed by atoms with E-state index in [0.29, 0.717) is 23.6 Å². The van der Waals surface area contributed by atoms with Gasteiger partial charge in [0.05, 0.1) is 25.8 Å². The SMILES string of the molecule is COC(=O)CC(NC(=O)CCc1ncc(-c2ccc(F)cc2)o1)c1cccs1. The monoisotopic (exact) mass is 402 g/mol. The summed E-state index contributed by atoms with van der Waals surface area (Å²) in [4.78, 5) is 29.0. The van der Waals surface area contributed by atoms with Gasteiger partial charge in [0.1, 0.15) is 5.82 Å². The van der Waals surface area contributed by atoms with Crippen LogP contribution in [0.1, 0.15) is 29.7 Å². The molecule has 1 amide bonds. The third-order valence-electron chi connectivity index (χ3n) is 4.07. The minimum absolute atomic E-state index is 0.0659. The van der Waals surface area contributed by atoms with Gasteiger partial charge in [-0.3, -0.25) is 9.59 Å². The summed E-state index contributed by atoms with van der Waals surface area (Å²) >= 11 is 1.46. The van der Waals surface area contributed by atoms with Gasteiger partial charge >= 0.3 is 5.97 Å². The molecular weight excluding hydrogens is 383 g/mol. The third-order valence-corrected chi connectivity index (χ3v) is 5.05. The zero-order valence-electron chi connectivity index (χ0n) is 15.2. The standard InChI is InChI=1S/C20H19FN2O4S/c1-26-20(25)11-15(17-3-2-10-28-17)23-18(24)8-9-19-22-12-16(27-19)13-4-6-14(21)7-5-13/h2-7,10,12,15H,8-9,11H2,1H3,(H,23,24). The van der Waals surface area contributed by atoms with Crippen LogP contribution in [0.4, 0.5) is 4.39 Å². The number of benzene rings is 1. The van der Waals surface area contributed by atoms with Crippen LogP contribution in [0.5, 0.6) is 0 Å². The number of aromatic nitrogens is 1. The van der Waals surface area contributed by atoms with Crippen molar-refractivity contribution in [2.45, 2.75) is 25.3 Å². The zero-order valence-corrected chi connectivity index (χ0v) is 16.0. The van der Waals surface area contributed by atoms with Crippen molar-refractivity contribution in [3.05, 3.63) is 64.6 Å². The number of carbonyl (C=O) groups is 2. The number of amides is 1. The van der Waals surface area contributed by atoms with E-state index in [0.717, 1.165) is 4.88 Å². The van der Waals surface area contributed by atoms with Gasteiger partial charge in [-0.2, -0.15) is 0 Å². The molecule has 2 heterocycles. The molecule has 0 aliphatic heterocycles. The van der Waals surface area contributed by atoms with Gasteiger partial charge in [-0.05, 0) is 35.7 Å². The molecule has 0 fully saturated rings. The van der Waals surface area contributed by atoms with Crippen molar-refractivity contribution in [3.8, 4) is 11.3 Å². The van der Waals surface area contributed by atoms with Gasteiger partial charge in [-0.25, -0.2) is 9.37 Å². The van der Waals surface area contributed by atoms with E-state index < -0.39 is 12.0 Å². The lowest BCUT2D eigenvalue weighted by Gasteiger charge is -2.16. The first-order valence-electron chi connectivity index (χ1n) is 8.65. The van der Waals surface area contributed by atoms with Crippen molar-refractivity contribution in [1.82, 2.24) is 10.3 Å². The van der Waals surface area contributed by atoms with Crippen molar-refractivity contribution >= 4 is 23.2 Å². The van der Waals surface area contributed by atoms with Gasteiger partial charge in [0, 0.05) is 23.3 Å². The summed E-state index contributed by atoms with van der Waals surface area (Å²) in [6, 6.07) is 9.19. The van der Waals surface area contributed by atoms with Gasteiger partial charge in [0.2, 0.25) is 5.91 Å². The van der Waals surface area contributed by atoms with Gasteiger partial charge in [-0.1, -0.05) is 6.07 Å². The van der Waals surface area contributed by atoms with E-state index in [1.807, 2.05) is 17.5 Å². The molecule has 0 aliphatic carbocycles. The number of nitrogens with zero attached hydrogens (tertiary/aromatic N) is 1. The number of methoxy groups -OCH3 is 1. The molecule has 2 aromatic heterocycles. The second kappa shape index (κ2) is 9.27. The molecule has 0 bridgehead atoms. The van der Waals surface area contributed by atoms with E-state index in [1.165, 1.54) is 30.6 Å². The van der Waals surface area contributed by atoms with E-state index >= 15 is 0 Å². The molecule has 0 radical (unpaired) electrons. The van der Waals surface area contributed by atoms with Crippen LogP contribution in [0, 0.1) is 5.82 Å². The highest BCUT2D eigenvalue weighted by Crippen LogP contribution is 2.23. The average molecular weight is 402 g/mol. The molecule has 8 heteroatoms. The highest BCUT2D eigenvalue weighted by Gasteiger charge is 2.20. The third kappa shape index (κ3) is 5.26. The fourth-order valence-electron chi connectivity index (χ4n) is 2.62. The largest absolute Gasteiger partial charge is 0.469 e. The molecule has 146 valence electrons. The molecule has 28 heavy (non-hydrogen) atoms. The van der Waals surface area contributed by atoms with Crippen LogP contribution in [0.25, 0.3) is 11.3 Å². The molecular formula is C20H19FN2O4S. The molecule has 0 spiro atoms. The Morgan fingerprint density at radius 3 is 2.75 bits per heavy atom. The van der Waals surface area contributed by atoms with Crippen LogP contribution in [0.2, 0.25) is 0 Å². The van der Waals surface area contributed by atoms with Crippen LogP contribution in [-0.4, -0.2) is 24.0 Å². The molecule has 3 rings (SSSR count). The predicted octanol–water partition coefficient (Wildman–Crippen LogP) is 3.90. The summed E-state index contributed by atoms with van der Waals surface area (Å²) in [6.45, 7) is 0. The number of carbonyl (C=O) groups excluding carboxylic acids is 2. The van der Waals surface area contributed by atoms with Crippen LogP contribution >= 0.6 is 11.3 Å². The first-order valence-corrected chi connectivity index (χ1v) is 9.53. The number of thiophene rings is 1. The highest BCUT2D eigenvalue weighted by atomic mass is 32.1. The van der Waals surface area contributed by atoms with E-state index in [4.69, 9.17) is 9.15 Å². The Morgan fingerprint density at radius 2 is 2.07 bits per heavy atom. The first kappa shape index (κ1) is 19.8. The minimum Gasteiger partial charge on any atom is -0.469 e. The summed E-state index contributed by atoms with van der Waals surface area (Å²) in [5.41, 5.74) is 0.709. The van der Waals surface area contributed by atoms with Gasteiger partial charge in [0.15, 0.2) is 11.7 Å². The highest BCUT2D eigenvalue weighted by molar-refractivity contribution is 7.10. The van der Waals surface area contributed by atoms with E-state index in [2.05, 4.69) is 10.3 Å². The molecule has 0 aliphatic rings. The number of rotatable bonds is 8. The molecule has 6 nitrogen and oxygen atoms in total. The van der Waals surface area contributed by atoms with Crippen LogP contribution in [0.3, 0.4) is 0 Å². The van der Waals surface area contributed by atoms with E-state index in [9.17, 15) is 14.0 Å². The number of halogens is 1. The maximum absolute atomic E-state index is 13.0. The summed E-state index contributed by atoms with van der Waals surface area (Å²) in [7, 11) is 1.32. The molecule has 1 aromatic carbocycles. The summed E-state index contributed by atoms with van der Waals surface area (Å²) in [5, 5.41) is 4.74. The summed E-state index contributed by atoms with van der Waals surface area (Å²) in [5.74, 6) is -0.0146. The van der Waals surface area contributed by atoms with E-state index in [-0.39, 0.29) is 24.6 Å². The molecule has 3 aromatic rings. The van der Waals surface area contributed by atoms with E-state index in [1.54, 1.807) is 18.3 Å². The van der Waals surface area contributed by atoms with Crippen molar-refractivity contribution in [1.29, 1.82) is 0 Å². The van der Waals surface area contributed by atoms with Gasteiger partial charge in [-0.15, -0.1) is 11.3 Å². The topological polar surface area (TPSA) is 81.4 Å². The number of hydrogen-bond acceptors (Lipinski definition) is 6. The number of ether oxygens (including phenoxy) is 1. The Morgan fingerprint density at radius 1 is 1.29 bits per heavy atom. The van der Waals surface area contributed by atoms with Crippen molar-refractivity contribution < 1.29 is 23.1 Å². The Kier molecular flexibility index (Phi) is 6.54. The van der Waals surface area contributed by atoms with Crippen LogP contribution in [0.15, 0.2) is 52.4 Å². The number of nitrogens with one attached hydrogen (secondary N) is 1. The fraction of sp³-hybridized carbons (Fsp3) is 0.250. The second-order valence-electron chi connectivity index (χ2n) is 6.04.